The first-order valence-corrected chi connectivity index (χ1v) is 8.66. The van der Waals surface area contributed by atoms with Crippen molar-refractivity contribution in [2.24, 2.45) is 0 Å². The van der Waals surface area contributed by atoms with Crippen molar-refractivity contribution in [3.05, 3.63) is 66.1 Å². The number of nitrogens with zero attached hydrogens (tertiary/aromatic N) is 4. The number of carbonyl (C=O) groups is 1. The highest BCUT2D eigenvalue weighted by atomic mass is 19.1. The second-order valence-electron chi connectivity index (χ2n) is 6.29. The average molecular weight is 368 g/mol. The molecule has 1 aliphatic rings. The molecular weight excluding hydrogens is 351 g/mol. The van der Waals surface area contributed by atoms with Crippen LogP contribution in [-0.2, 0) is 0 Å². The molecular formula is C19H17FN4O3. The third-order valence-corrected chi connectivity index (χ3v) is 4.41. The minimum atomic E-state index is -0.672. The number of likely N-dealkylation sites (tertiary alicyclic amines) is 1. The summed E-state index contributed by atoms with van der Waals surface area (Å²) in [6.07, 6.45) is 2.90. The maximum Gasteiger partial charge on any atom is 0.359 e. The van der Waals surface area contributed by atoms with Crippen LogP contribution >= 0.6 is 0 Å². The molecule has 4 rings (SSSR count). The predicted octanol–water partition coefficient (Wildman–Crippen LogP) is 3.42. The van der Waals surface area contributed by atoms with E-state index in [4.69, 9.17) is 9.26 Å². The van der Waals surface area contributed by atoms with Gasteiger partial charge in [0, 0.05) is 30.9 Å². The molecule has 1 fully saturated rings. The Labute approximate surface area is 154 Å². The van der Waals surface area contributed by atoms with Gasteiger partial charge in [-0.15, -0.1) is 0 Å². The molecule has 1 aliphatic heterocycles. The number of piperidine rings is 1. The van der Waals surface area contributed by atoms with Gasteiger partial charge in [0.05, 0.1) is 5.92 Å². The lowest BCUT2D eigenvalue weighted by Crippen LogP contribution is -2.39. The molecule has 0 saturated carbocycles. The molecule has 0 aliphatic carbocycles. The van der Waals surface area contributed by atoms with E-state index in [1.807, 2.05) is 18.2 Å². The summed E-state index contributed by atoms with van der Waals surface area (Å²) in [6, 6.07) is 12.0. The van der Waals surface area contributed by atoms with Gasteiger partial charge in [-0.2, -0.15) is 9.37 Å². The predicted molar refractivity (Wildman–Crippen MR) is 92.9 cm³/mol. The molecule has 1 aromatic carbocycles. The highest BCUT2D eigenvalue weighted by Crippen LogP contribution is 2.28. The second kappa shape index (κ2) is 7.53. The molecule has 0 spiro atoms. The number of hydrogen-bond donors (Lipinski definition) is 0. The minimum absolute atomic E-state index is 0.0880. The molecule has 27 heavy (non-hydrogen) atoms. The normalized spacial score (nSPS) is 16.9. The third-order valence-electron chi connectivity index (χ3n) is 4.41. The van der Waals surface area contributed by atoms with Gasteiger partial charge >= 0.3 is 6.01 Å². The molecule has 0 radical (unpaired) electrons. The number of para-hydroxylation sites is 1. The van der Waals surface area contributed by atoms with E-state index in [0.29, 0.717) is 24.7 Å². The third kappa shape index (κ3) is 3.94. The fourth-order valence-electron chi connectivity index (χ4n) is 3.10. The summed E-state index contributed by atoms with van der Waals surface area (Å²) in [7, 11) is 0. The molecule has 2 aromatic heterocycles. The first kappa shape index (κ1) is 17.1. The van der Waals surface area contributed by atoms with E-state index in [1.165, 1.54) is 12.3 Å². The SMILES string of the molecule is O=C(c1ccnc(F)c1)N1CCCC(c2nc(Oc3ccccc3)no2)C1. The van der Waals surface area contributed by atoms with Gasteiger partial charge in [0.15, 0.2) is 0 Å². The number of ether oxygens (including phenoxy) is 1. The highest BCUT2D eigenvalue weighted by molar-refractivity contribution is 5.94. The molecule has 1 saturated heterocycles. The van der Waals surface area contributed by atoms with E-state index in [2.05, 4.69) is 15.1 Å². The van der Waals surface area contributed by atoms with Crippen LogP contribution in [0, 0.1) is 5.95 Å². The van der Waals surface area contributed by atoms with Crippen LogP contribution in [0.15, 0.2) is 53.2 Å². The van der Waals surface area contributed by atoms with Crippen molar-refractivity contribution in [1.29, 1.82) is 0 Å². The van der Waals surface area contributed by atoms with Gasteiger partial charge in [0.25, 0.3) is 5.91 Å². The van der Waals surface area contributed by atoms with Gasteiger partial charge in [-0.1, -0.05) is 18.2 Å². The van der Waals surface area contributed by atoms with Crippen molar-refractivity contribution >= 4 is 5.91 Å². The quantitative estimate of drug-likeness (QED) is 0.657. The summed E-state index contributed by atoms with van der Waals surface area (Å²) in [5.41, 5.74) is 0.279. The van der Waals surface area contributed by atoms with E-state index >= 15 is 0 Å². The summed E-state index contributed by atoms with van der Waals surface area (Å²) in [4.78, 5) is 22.1. The van der Waals surface area contributed by atoms with E-state index in [0.717, 1.165) is 18.9 Å². The van der Waals surface area contributed by atoms with Gasteiger partial charge in [-0.05, 0) is 36.2 Å². The summed E-state index contributed by atoms with van der Waals surface area (Å²) in [6.45, 7) is 1.02. The lowest BCUT2D eigenvalue weighted by molar-refractivity contribution is 0.0695. The Morgan fingerprint density at radius 2 is 2.11 bits per heavy atom. The van der Waals surface area contributed by atoms with Crippen LogP contribution in [0.3, 0.4) is 0 Å². The topological polar surface area (TPSA) is 81.4 Å². The first-order chi connectivity index (χ1) is 13.2. The lowest BCUT2D eigenvalue weighted by Gasteiger charge is -2.31. The zero-order valence-corrected chi connectivity index (χ0v) is 14.4. The fourth-order valence-corrected chi connectivity index (χ4v) is 3.10. The average Bonchev–Trinajstić information content (AvgIpc) is 3.17. The van der Waals surface area contributed by atoms with Crippen LogP contribution < -0.4 is 4.74 Å². The van der Waals surface area contributed by atoms with E-state index in [1.54, 1.807) is 17.0 Å². The van der Waals surface area contributed by atoms with Crippen LogP contribution in [-0.4, -0.2) is 39.0 Å². The van der Waals surface area contributed by atoms with Crippen molar-refractivity contribution in [2.75, 3.05) is 13.1 Å². The number of benzene rings is 1. The molecule has 0 N–H and O–H groups in total. The number of amides is 1. The maximum atomic E-state index is 13.3. The molecule has 1 unspecified atom stereocenters. The smallest absolute Gasteiger partial charge is 0.359 e. The lowest BCUT2D eigenvalue weighted by atomic mass is 9.97. The Hall–Kier alpha value is -3.29. The van der Waals surface area contributed by atoms with E-state index in [9.17, 15) is 9.18 Å². The molecule has 1 atom stereocenters. The summed E-state index contributed by atoms with van der Waals surface area (Å²) < 4.78 is 24.2. The number of carbonyl (C=O) groups excluding carboxylic acids is 1. The van der Waals surface area contributed by atoms with Crippen molar-refractivity contribution in [1.82, 2.24) is 20.0 Å². The Balaban J connectivity index is 1.45. The Morgan fingerprint density at radius 3 is 2.93 bits per heavy atom. The van der Waals surface area contributed by atoms with Crippen LogP contribution in [0.25, 0.3) is 0 Å². The fraction of sp³-hybridized carbons (Fsp3) is 0.263. The maximum absolute atomic E-state index is 13.3. The number of pyridine rings is 1. The Kier molecular flexibility index (Phi) is 4.78. The molecule has 3 aromatic rings. The van der Waals surface area contributed by atoms with Crippen molar-refractivity contribution in [3.63, 3.8) is 0 Å². The monoisotopic (exact) mass is 368 g/mol. The molecule has 7 nitrogen and oxygen atoms in total. The molecule has 8 heteroatoms. The first-order valence-electron chi connectivity index (χ1n) is 8.66. The number of aromatic nitrogens is 3. The zero-order chi connectivity index (χ0) is 18.6. The van der Waals surface area contributed by atoms with E-state index in [-0.39, 0.29) is 23.4 Å². The summed E-state index contributed by atoms with van der Waals surface area (Å²) in [5, 5.41) is 3.86. The Bertz CT molecular complexity index is 931. The van der Waals surface area contributed by atoms with Gasteiger partial charge in [0.2, 0.25) is 11.8 Å². The van der Waals surface area contributed by atoms with Gasteiger partial charge in [-0.25, -0.2) is 4.98 Å². The van der Waals surface area contributed by atoms with Crippen LogP contribution in [0.2, 0.25) is 0 Å². The Morgan fingerprint density at radius 1 is 1.26 bits per heavy atom. The minimum Gasteiger partial charge on any atom is -0.422 e. The standard InChI is InChI=1S/C19H17FN4O3/c20-16-11-13(8-9-21-16)18(25)24-10-4-5-14(12-24)17-22-19(23-27-17)26-15-6-2-1-3-7-15/h1-3,6-9,11,14H,4-5,10,12H2. The zero-order valence-electron chi connectivity index (χ0n) is 14.4. The largest absolute Gasteiger partial charge is 0.422 e. The van der Waals surface area contributed by atoms with Crippen LogP contribution in [0.5, 0.6) is 11.8 Å². The number of rotatable bonds is 4. The van der Waals surface area contributed by atoms with Gasteiger partial charge in [0.1, 0.15) is 5.75 Å². The molecule has 0 bridgehead atoms. The van der Waals surface area contributed by atoms with Crippen molar-refractivity contribution in [2.45, 2.75) is 18.8 Å². The van der Waals surface area contributed by atoms with Gasteiger partial charge in [-0.3, -0.25) is 4.79 Å². The van der Waals surface area contributed by atoms with Gasteiger partial charge < -0.3 is 14.2 Å². The van der Waals surface area contributed by atoms with Crippen LogP contribution in [0.1, 0.15) is 35.0 Å². The number of hydrogen-bond acceptors (Lipinski definition) is 6. The summed E-state index contributed by atoms with van der Waals surface area (Å²) in [5.74, 6) is 0.0506. The summed E-state index contributed by atoms with van der Waals surface area (Å²) >= 11 is 0. The number of halogens is 1. The highest BCUT2D eigenvalue weighted by Gasteiger charge is 2.29. The van der Waals surface area contributed by atoms with Crippen LogP contribution in [0.4, 0.5) is 4.39 Å². The van der Waals surface area contributed by atoms with Crippen molar-refractivity contribution < 1.29 is 18.4 Å². The molecule has 138 valence electrons. The van der Waals surface area contributed by atoms with Crippen molar-refractivity contribution in [3.8, 4) is 11.8 Å². The second-order valence-corrected chi connectivity index (χ2v) is 6.29. The van der Waals surface area contributed by atoms with E-state index < -0.39 is 5.95 Å². The molecule has 1 amide bonds. The molecule has 3 heterocycles.